The Labute approximate surface area is 128 Å². The summed E-state index contributed by atoms with van der Waals surface area (Å²) in [5.41, 5.74) is -0.476. The quantitative estimate of drug-likeness (QED) is 0.688. The number of H-pyrrole nitrogens is 1. The van der Waals surface area contributed by atoms with Crippen LogP contribution in [0.1, 0.15) is 23.2 Å². The van der Waals surface area contributed by atoms with Gasteiger partial charge in [-0.15, -0.1) is 0 Å². The molecule has 2 aromatic rings. The summed E-state index contributed by atoms with van der Waals surface area (Å²) < 4.78 is 13.3. The summed E-state index contributed by atoms with van der Waals surface area (Å²) in [6, 6.07) is 4.16. The lowest BCUT2D eigenvalue weighted by Crippen LogP contribution is -2.52. The fraction of sp³-hybridized carbons (Fsp3) is 0.200. The van der Waals surface area contributed by atoms with E-state index in [-0.39, 0.29) is 18.4 Å². The summed E-state index contributed by atoms with van der Waals surface area (Å²) >= 11 is 0. The molecule has 0 aliphatic carbocycles. The van der Waals surface area contributed by atoms with Gasteiger partial charge >= 0.3 is 0 Å². The van der Waals surface area contributed by atoms with Crippen LogP contribution in [0.4, 0.5) is 4.39 Å². The average Bonchev–Trinajstić information content (AvgIpc) is 2.49. The fourth-order valence-electron chi connectivity index (χ4n) is 2.41. The van der Waals surface area contributed by atoms with Gasteiger partial charge in [0.15, 0.2) is 0 Å². The second kappa shape index (κ2) is 5.64. The Kier molecular flexibility index (Phi) is 3.65. The molecule has 1 aliphatic heterocycles. The minimum absolute atomic E-state index is 0.107. The summed E-state index contributed by atoms with van der Waals surface area (Å²) in [5.74, 6) is -2.27. The van der Waals surface area contributed by atoms with Gasteiger partial charge in [-0.25, -0.2) is 4.39 Å². The number of pyridine rings is 1. The highest BCUT2D eigenvalue weighted by Gasteiger charge is 2.28. The van der Waals surface area contributed by atoms with Crippen molar-refractivity contribution in [1.29, 1.82) is 0 Å². The maximum atomic E-state index is 13.3. The Morgan fingerprint density at radius 1 is 1.22 bits per heavy atom. The number of rotatable bonds is 2. The number of aromatic amines is 1. The first-order chi connectivity index (χ1) is 10.9. The Balaban J connectivity index is 1.88. The van der Waals surface area contributed by atoms with Gasteiger partial charge in [0.1, 0.15) is 17.4 Å². The number of carbonyl (C=O) groups excluding carboxylic acids is 3. The van der Waals surface area contributed by atoms with Crippen LogP contribution in [0, 0.1) is 5.82 Å². The van der Waals surface area contributed by atoms with Crippen molar-refractivity contribution >= 4 is 28.6 Å². The van der Waals surface area contributed by atoms with Crippen LogP contribution in [0.15, 0.2) is 29.1 Å². The third kappa shape index (κ3) is 2.96. The van der Waals surface area contributed by atoms with Crippen molar-refractivity contribution in [3.05, 3.63) is 46.0 Å². The lowest BCUT2D eigenvalue weighted by Gasteiger charge is -2.21. The standard InChI is InChI=1S/C15H12FN3O4/c16-8-1-2-10-7(5-8)6-9(13(21)17-10)14(22)18-11-3-4-12(20)19-15(11)23/h1-2,5-6,11H,3-4H2,(H,17,21)(H,18,22)(H,19,20,23). The van der Waals surface area contributed by atoms with Gasteiger partial charge in [-0.2, -0.15) is 0 Å². The van der Waals surface area contributed by atoms with E-state index in [0.717, 1.165) is 0 Å². The van der Waals surface area contributed by atoms with E-state index in [9.17, 15) is 23.6 Å². The molecule has 7 nitrogen and oxygen atoms in total. The van der Waals surface area contributed by atoms with Crippen LogP contribution in [-0.4, -0.2) is 28.7 Å². The zero-order valence-electron chi connectivity index (χ0n) is 11.8. The number of amides is 3. The Morgan fingerprint density at radius 3 is 2.74 bits per heavy atom. The SMILES string of the molecule is O=C1CCC(NC(=O)c2cc3cc(F)ccc3[nH]c2=O)C(=O)N1. The first-order valence-electron chi connectivity index (χ1n) is 6.91. The first-order valence-corrected chi connectivity index (χ1v) is 6.91. The van der Waals surface area contributed by atoms with Crippen molar-refractivity contribution in [3.8, 4) is 0 Å². The van der Waals surface area contributed by atoms with Crippen LogP contribution in [0.5, 0.6) is 0 Å². The number of hydrogen-bond donors (Lipinski definition) is 3. The molecule has 3 N–H and O–H groups in total. The molecule has 0 saturated carbocycles. The van der Waals surface area contributed by atoms with E-state index in [1.807, 2.05) is 0 Å². The summed E-state index contributed by atoms with van der Waals surface area (Å²) in [6.07, 6.45) is 0.270. The molecule has 23 heavy (non-hydrogen) atoms. The zero-order valence-corrected chi connectivity index (χ0v) is 11.8. The van der Waals surface area contributed by atoms with Gasteiger partial charge in [-0.05, 0) is 30.7 Å². The van der Waals surface area contributed by atoms with E-state index in [4.69, 9.17) is 0 Å². The average molecular weight is 317 g/mol. The molecule has 8 heteroatoms. The number of aromatic nitrogens is 1. The lowest BCUT2D eigenvalue weighted by atomic mass is 10.1. The number of nitrogens with one attached hydrogen (secondary N) is 3. The van der Waals surface area contributed by atoms with E-state index in [0.29, 0.717) is 10.9 Å². The molecule has 1 aromatic carbocycles. The Hall–Kier alpha value is -3.03. The summed E-state index contributed by atoms with van der Waals surface area (Å²) in [7, 11) is 0. The maximum Gasteiger partial charge on any atom is 0.261 e. The lowest BCUT2D eigenvalue weighted by molar-refractivity contribution is -0.134. The van der Waals surface area contributed by atoms with Gasteiger partial charge in [-0.3, -0.25) is 24.5 Å². The predicted molar refractivity (Wildman–Crippen MR) is 78.2 cm³/mol. The number of carbonyl (C=O) groups is 3. The number of halogens is 1. The van der Waals surface area contributed by atoms with Crippen LogP contribution < -0.4 is 16.2 Å². The molecule has 1 aromatic heterocycles. The minimum atomic E-state index is -0.886. The zero-order chi connectivity index (χ0) is 16.6. The van der Waals surface area contributed by atoms with Crippen molar-refractivity contribution in [2.24, 2.45) is 0 Å². The smallest absolute Gasteiger partial charge is 0.261 e. The maximum absolute atomic E-state index is 13.3. The van der Waals surface area contributed by atoms with Crippen molar-refractivity contribution in [1.82, 2.24) is 15.6 Å². The van der Waals surface area contributed by atoms with Gasteiger partial charge in [-0.1, -0.05) is 0 Å². The molecule has 1 unspecified atom stereocenters. The number of hydrogen-bond acceptors (Lipinski definition) is 4. The molecule has 0 radical (unpaired) electrons. The second-order valence-electron chi connectivity index (χ2n) is 5.22. The van der Waals surface area contributed by atoms with Crippen LogP contribution >= 0.6 is 0 Å². The summed E-state index contributed by atoms with van der Waals surface area (Å²) in [4.78, 5) is 49.4. The third-order valence-corrected chi connectivity index (χ3v) is 3.60. The number of piperidine rings is 1. The van der Waals surface area contributed by atoms with E-state index in [1.54, 1.807) is 0 Å². The number of benzene rings is 1. The molecule has 0 bridgehead atoms. The molecule has 2 heterocycles. The van der Waals surface area contributed by atoms with Gasteiger partial charge in [0.2, 0.25) is 11.8 Å². The highest BCUT2D eigenvalue weighted by Crippen LogP contribution is 2.13. The van der Waals surface area contributed by atoms with E-state index >= 15 is 0 Å². The second-order valence-corrected chi connectivity index (χ2v) is 5.22. The van der Waals surface area contributed by atoms with Gasteiger partial charge in [0, 0.05) is 17.3 Å². The van der Waals surface area contributed by atoms with E-state index < -0.39 is 35.1 Å². The van der Waals surface area contributed by atoms with Crippen LogP contribution in [-0.2, 0) is 9.59 Å². The minimum Gasteiger partial charge on any atom is -0.340 e. The Bertz CT molecular complexity index is 890. The molecule has 3 amide bonds. The first kappa shape index (κ1) is 14.9. The third-order valence-electron chi connectivity index (χ3n) is 3.60. The molecule has 1 saturated heterocycles. The van der Waals surface area contributed by atoms with E-state index in [2.05, 4.69) is 15.6 Å². The fourth-order valence-corrected chi connectivity index (χ4v) is 2.41. The van der Waals surface area contributed by atoms with Crippen LogP contribution in [0.25, 0.3) is 10.9 Å². The Morgan fingerprint density at radius 2 is 2.00 bits per heavy atom. The summed E-state index contributed by atoms with van der Waals surface area (Å²) in [5, 5.41) is 4.88. The van der Waals surface area contributed by atoms with Crippen LogP contribution in [0.2, 0.25) is 0 Å². The topological polar surface area (TPSA) is 108 Å². The van der Waals surface area contributed by atoms with Crippen LogP contribution in [0.3, 0.4) is 0 Å². The van der Waals surface area contributed by atoms with Gasteiger partial charge < -0.3 is 10.3 Å². The van der Waals surface area contributed by atoms with Crippen molar-refractivity contribution in [3.63, 3.8) is 0 Å². The monoisotopic (exact) mass is 317 g/mol. The van der Waals surface area contributed by atoms with Crippen molar-refractivity contribution < 1.29 is 18.8 Å². The predicted octanol–water partition coefficient (Wildman–Crippen LogP) is 0.202. The normalized spacial score (nSPS) is 17.9. The molecule has 1 aliphatic rings. The van der Waals surface area contributed by atoms with Gasteiger partial charge in [0.05, 0.1) is 0 Å². The molecule has 1 fully saturated rings. The van der Waals surface area contributed by atoms with Crippen molar-refractivity contribution in [2.75, 3.05) is 0 Å². The highest BCUT2D eigenvalue weighted by molar-refractivity contribution is 6.04. The summed E-state index contributed by atoms with van der Waals surface area (Å²) in [6.45, 7) is 0. The van der Waals surface area contributed by atoms with E-state index in [1.165, 1.54) is 24.3 Å². The van der Waals surface area contributed by atoms with Crippen molar-refractivity contribution in [2.45, 2.75) is 18.9 Å². The molecule has 1 atom stereocenters. The molecular weight excluding hydrogens is 305 g/mol. The number of fused-ring (bicyclic) bond motifs is 1. The largest absolute Gasteiger partial charge is 0.340 e. The number of imide groups is 1. The molecular formula is C15H12FN3O4. The molecule has 0 spiro atoms. The molecule has 118 valence electrons. The molecule has 3 rings (SSSR count). The van der Waals surface area contributed by atoms with Gasteiger partial charge in [0.25, 0.3) is 11.5 Å². The highest BCUT2D eigenvalue weighted by atomic mass is 19.1.